The summed E-state index contributed by atoms with van der Waals surface area (Å²) in [7, 11) is 1.88. The molecule has 1 amide bonds. The van der Waals surface area contributed by atoms with Gasteiger partial charge in [-0.25, -0.2) is 4.39 Å². The monoisotopic (exact) mass is 350 g/mol. The van der Waals surface area contributed by atoms with Crippen LogP contribution in [0.5, 0.6) is 0 Å². The Kier molecular flexibility index (Phi) is 3.95. The van der Waals surface area contributed by atoms with Crippen LogP contribution in [-0.2, 0) is 11.8 Å². The highest BCUT2D eigenvalue weighted by molar-refractivity contribution is 5.93. The van der Waals surface area contributed by atoms with Crippen LogP contribution in [-0.4, -0.2) is 39.7 Å². The molecular formula is C20H19FN4O. The van der Waals surface area contributed by atoms with Crippen LogP contribution in [0.25, 0.3) is 22.0 Å². The van der Waals surface area contributed by atoms with Crippen LogP contribution in [0.2, 0.25) is 0 Å². The number of hydrogen-bond acceptors (Lipinski definition) is 3. The minimum absolute atomic E-state index is 0.0438. The average molecular weight is 350 g/mol. The van der Waals surface area contributed by atoms with E-state index < -0.39 is 0 Å². The minimum Gasteiger partial charge on any atom is -0.363 e. The first-order valence-electron chi connectivity index (χ1n) is 8.46. The molecule has 0 spiro atoms. The van der Waals surface area contributed by atoms with Crippen LogP contribution in [0.3, 0.4) is 0 Å². The fourth-order valence-corrected chi connectivity index (χ4v) is 3.29. The maximum Gasteiger partial charge on any atom is 0.246 e. The average Bonchev–Trinajstić information content (AvgIpc) is 2.91. The van der Waals surface area contributed by atoms with Crippen LogP contribution < -0.4 is 5.32 Å². The first-order chi connectivity index (χ1) is 12.5. The molecule has 2 aromatic carbocycles. The topological polar surface area (TPSA) is 50.2 Å². The second-order valence-electron chi connectivity index (χ2n) is 6.50. The molecule has 1 aromatic heterocycles. The Bertz CT molecular complexity index is 1000. The van der Waals surface area contributed by atoms with Crippen LogP contribution in [0, 0.1) is 5.82 Å². The van der Waals surface area contributed by atoms with Gasteiger partial charge >= 0.3 is 0 Å². The molecular weight excluding hydrogens is 331 g/mol. The number of carbonyl (C=O) groups is 1. The summed E-state index contributed by atoms with van der Waals surface area (Å²) < 4.78 is 15.3. The summed E-state index contributed by atoms with van der Waals surface area (Å²) in [6.45, 7) is 4.81. The summed E-state index contributed by atoms with van der Waals surface area (Å²) in [5.41, 5.74) is 2.59. The predicted octanol–water partition coefficient (Wildman–Crippen LogP) is 3.19. The van der Waals surface area contributed by atoms with Gasteiger partial charge in [0.05, 0.1) is 11.6 Å². The smallest absolute Gasteiger partial charge is 0.246 e. The van der Waals surface area contributed by atoms with E-state index in [4.69, 9.17) is 0 Å². The van der Waals surface area contributed by atoms with Crippen molar-refractivity contribution in [2.75, 3.05) is 18.4 Å². The van der Waals surface area contributed by atoms with E-state index >= 15 is 0 Å². The van der Waals surface area contributed by atoms with E-state index in [9.17, 15) is 9.18 Å². The van der Waals surface area contributed by atoms with Gasteiger partial charge in [0, 0.05) is 25.5 Å². The molecule has 1 N–H and O–H groups in total. The zero-order valence-corrected chi connectivity index (χ0v) is 14.4. The van der Waals surface area contributed by atoms with Gasteiger partial charge in [-0.3, -0.25) is 9.48 Å². The number of aryl methyl sites for hydroxylation is 1. The van der Waals surface area contributed by atoms with Gasteiger partial charge in [0.2, 0.25) is 5.91 Å². The Labute approximate surface area is 150 Å². The number of amides is 1. The predicted molar refractivity (Wildman–Crippen MR) is 100 cm³/mol. The van der Waals surface area contributed by atoms with E-state index in [1.807, 2.05) is 31.3 Å². The zero-order chi connectivity index (χ0) is 18.3. The lowest BCUT2D eigenvalue weighted by Gasteiger charge is -2.39. The first-order valence-corrected chi connectivity index (χ1v) is 8.46. The van der Waals surface area contributed by atoms with Crippen LogP contribution in [0.4, 0.5) is 10.2 Å². The second kappa shape index (κ2) is 6.29. The van der Waals surface area contributed by atoms with Crippen molar-refractivity contribution in [3.05, 3.63) is 60.9 Å². The zero-order valence-electron chi connectivity index (χ0n) is 14.4. The Balaban J connectivity index is 1.58. The van der Waals surface area contributed by atoms with E-state index in [2.05, 4.69) is 17.0 Å². The molecule has 0 bridgehead atoms. The van der Waals surface area contributed by atoms with Gasteiger partial charge in [0.25, 0.3) is 0 Å². The highest BCUT2D eigenvalue weighted by atomic mass is 19.1. The highest BCUT2D eigenvalue weighted by Gasteiger charge is 2.30. The van der Waals surface area contributed by atoms with Crippen LogP contribution in [0.15, 0.2) is 55.1 Å². The highest BCUT2D eigenvalue weighted by Crippen LogP contribution is 2.29. The summed E-state index contributed by atoms with van der Waals surface area (Å²) in [5, 5.41) is 9.03. The van der Waals surface area contributed by atoms with Gasteiger partial charge < -0.3 is 10.2 Å². The van der Waals surface area contributed by atoms with E-state index in [1.54, 1.807) is 15.6 Å². The van der Waals surface area contributed by atoms with Gasteiger partial charge in [-0.2, -0.15) is 5.10 Å². The second-order valence-corrected chi connectivity index (χ2v) is 6.50. The number of hydrogen-bond donors (Lipinski definition) is 1. The van der Waals surface area contributed by atoms with Crippen molar-refractivity contribution in [1.82, 2.24) is 14.7 Å². The molecule has 26 heavy (non-hydrogen) atoms. The van der Waals surface area contributed by atoms with Crippen molar-refractivity contribution < 1.29 is 9.18 Å². The maximum absolute atomic E-state index is 13.5. The third kappa shape index (κ3) is 2.83. The molecule has 1 fully saturated rings. The SMILES string of the molecule is C=CC(=O)N1CC(Nc2c3ccc(-c4cccc(F)c4)cc3nn2C)C1. The summed E-state index contributed by atoms with van der Waals surface area (Å²) in [6, 6.07) is 12.7. The molecule has 5 nitrogen and oxygen atoms in total. The summed E-state index contributed by atoms with van der Waals surface area (Å²) in [4.78, 5) is 13.3. The number of benzene rings is 2. The number of aromatic nitrogens is 2. The number of likely N-dealkylation sites (tertiary alicyclic amines) is 1. The molecule has 0 saturated carbocycles. The largest absolute Gasteiger partial charge is 0.363 e. The number of rotatable bonds is 4. The molecule has 132 valence electrons. The number of nitrogens with zero attached hydrogens (tertiary/aromatic N) is 3. The molecule has 0 atom stereocenters. The lowest BCUT2D eigenvalue weighted by Crippen LogP contribution is -2.56. The van der Waals surface area contributed by atoms with Crippen molar-refractivity contribution in [2.24, 2.45) is 7.05 Å². The molecule has 4 rings (SSSR count). The Morgan fingerprint density at radius 2 is 2.04 bits per heavy atom. The van der Waals surface area contributed by atoms with Gasteiger partial charge in [0.1, 0.15) is 11.6 Å². The Morgan fingerprint density at radius 1 is 1.27 bits per heavy atom. The Hall–Kier alpha value is -3.15. The normalized spacial score (nSPS) is 14.3. The molecule has 1 aliphatic heterocycles. The summed E-state index contributed by atoms with van der Waals surface area (Å²) in [5.74, 6) is 0.619. The third-order valence-corrected chi connectivity index (χ3v) is 4.70. The number of fused-ring (bicyclic) bond motifs is 1. The maximum atomic E-state index is 13.5. The third-order valence-electron chi connectivity index (χ3n) is 4.70. The lowest BCUT2D eigenvalue weighted by atomic mass is 10.0. The van der Waals surface area contributed by atoms with E-state index in [0.717, 1.165) is 27.8 Å². The first kappa shape index (κ1) is 16.3. The molecule has 0 radical (unpaired) electrons. The molecule has 1 aliphatic rings. The van der Waals surface area contributed by atoms with Gasteiger partial charge in [-0.15, -0.1) is 0 Å². The molecule has 3 aromatic rings. The molecule has 0 aliphatic carbocycles. The quantitative estimate of drug-likeness (QED) is 0.735. The fourth-order valence-electron chi connectivity index (χ4n) is 3.29. The van der Waals surface area contributed by atoms with E-state index in [0.29, 0.717) is 13.1 Å². The number of carbonyl (C=O) groups excluding carboxylic acids is 1. The summed E-state index contributed by atoms with van der Waals surface area (Å²) >= 11 is 0. The van der Waals surface area contributed by atoms with Gasteiger partial charge in [-0.05, 0) is 41.5 Å². The molecule has 0 unspecified atom stereocenters. The molecule has 6 heteroatoms. The van der Waals surface area contributed by atoms with Crippen LogP contribution in [0.1, 0.15) is 0 Å². The number of anilines is 1. The standard InChI is InChI=1S/C20H19FN4O/c1-3-19(26)25-11-16(12-25)22-20-17-8-7-14(10-18(17)23-24(20)2)13-5-4-6-15(21)9-13/h3-10,16,22H,1,11-12H2,2H3. The van der Waals surface area contributed by atoms with Crippen molar-refractivity contribution in [1.29, 1.82) is 0 Å². The number of halogens is 1. The van der Waals surface area contributed by atoms with E-state index in [-0.39, 0.29) is 17.8 Å². The van der Waals surface area contributed by atoms with Gasteiger partial charge in [-0.1, -0.05) is 24.8 Å². The van der Waals surface area contributed by atoms with Crippen molar-refractivity contribution in [3.63, 3.8) is 0 Å². The van der Waals surface area contributed by atoms with Gasteiger partial charge in [0.15, 0.2) is 0 Å². The number of nitrogens with one attached hydrogen (secondary N) is 1. The van der Waals surface area contributed by atoms with E-state index in [1.165, 1.54) is 18.2 Å². The molecule has 2 heterocycles. The lowest BCUT2D eigenvalue weighted by molar-refractivity contribution is -0.129. The van der Waals surface area contributed by atoms with Crippen molar-refractivity contribution >= 4 is 22.6 Å². The van der Waals surface area contributed by atoms with Crippen molar-refractivity contribution in [3.8, 4) is 11.1 Å². The van der Waals surface area contributed by atoms with Crippen molar-refractivity contribution in [2.45, 2.75) is 6.04 Å². The van der Waals surface area contributed by atoms with Crippen LogP contribution >= 0.6 is 0 Å². The Morgan fingerprint density at radius 3 is 2.77 bits per heavy atom. The summed E-state index contributed by atoms with van der Waals surface area (Å²) in [6.07, 6.45) is 1.34. The molecule has 1 saturated heterocycles. The minimum atomic E-state index is -0.255. The fraction of sp³-hybridized carbons (Fsp3) is 0.200.